The van der Waals surface area contributed by atoms with Gasteiger partial charge in [0.05, 0.1) is 5.56 Å². The molecule has 3 nitrogen and oxygen atoms in total. The lowest BCUT2D eigenvalue weighted by Gasteiger charge is -2.00. The fraction of sp³-hybridized carbons (Fsp3) is 0.0556. The van der Waals surface area contributed by atoms with Gasteiger partial charge in [-0.1, -0.05) is 6.07 Å². The van der Waals surface area contributed by atoms with E-state index in [0.29, 0.717) is 12.2 Å². The number of ether oxygens (including phenoxy) is 1. The number of thiophene rings is 1. The molecule has 1 aromatic heterocycles. The first-order valence-electron chi connectivity index (χ1n) is 6.90. The summed E-state index contributed by atoms with van der Waals surface area (Å²) in [5, 5.41) is 9.36. The zero-order valence-corrected chi connectivity index (χ0v) is 12.4. The molecule has 0 atom stereocenters. The molecule has 0 aliphatic carbocycles. The highest BCUT2D eigenvalue weighted by Crippen LogP contribution is 2.36. The quantitative estimate of drug-likeness (QED) is 0.711. The molecule has 0 spiro atoms. The van der Waals surface area contributed by atoms with Gasteiger partial charge < -0.3 is 9.84 Å². The first-order chi connectivity index (χ1) is 10.7. The topological polar surface area (TPSA) is 46.5 Å². The largest absolute Gasteiger partial charge is 0.508 e. The lowest BCUT2D eigenvalue weighted by Crippen LogP contribution is -1.92. The molecule has 108 valence electrons. The van der Waals surface area contributed by atoms with Crippen LogP contribution in [0.4, 0.5) is 0 Å². The van der Waals surface area contributed by atoms with Gasteiger partial charge >= 0.3 is 5.97 Å². The van der Waals surface area contributed by atoms with Crippen molar-refractivity contribution in [3.63, 3.8) is 0 Å². The molecule has 1 N–H and O–H groups in total. The van der Waals surface area contributed by atoms with E-state index in [1.165, 1.54) is 0 Å². The minimum atomic E-state index is -0.238. The van der Waals surface area contributed by atoms with Gasteiger partial charge in [0.25, 0.3) is 0 Å². The van der Waals surface area contributed by atoms with E-state index < -0.39 is 0 Å². The third-order valence-electron chi connectivity index (χ3n) is 3.73. The smallest absolute Gasteiger partial charge is 0.338 e. The van der Waals surface area contributed by atoms with E-state index in [-0.39, 0.29) is 11.7 Å². The van der Waals surface area contributed by atoms with Crippen LogP contribution in [-0.2, 0) is 11.3 Å². The summed E-state index contributed by atoms with van der Waals surface area (Å²) in [4.78, 5) is 13.8. The number of fused-ring (bicyclic) bond motifs is 1. The van der Waals surface area contributed by atoms with Crippen LogP contribution in [-0.4, -0.2) is 11.1 Å². The number of phenols is 1. The van der Waals surface area contributed by atoms with Gasteiger partial charge in [0.2, 0.25) is 0 Å². The van der Waals surface area contributed by atoms with E-state index in [4.69, 9.17) is 4.74 Å². The molecule has 0 unspecified atom stereocenters. The maximum atomic E-state index is 11.5. The average Bonchev–Trinajstić information content (AvgIpc) is 3.15. The Bertz CT molecular complexity index is 862. The molecule has 0 saturated carbocycles. The highest BCUT2D eigenvalue weighted by molar-refractivity contribution is 7.18. The fourth-order valence-corrected chi connectivity index (χ4v) is 3.57. The first kappa shape index (κ1) is 13.1. The van der Waals surface area contributed by atoms with E-state index in [9.17, 15) is 9.90 Å². The predicted octanol–water partition coefficient (Wildman–Crippen LogP) is 4.46. The van der Waals surface area contributed by atoms with Gasteiger partial charge in [-0.05, 0) is 59.7 Å². The molecule has 1 aliphatic rings. The van der Waals surface area contributed by atoms with E-state index >= 15 is 0 Å². The van der Waals surface area contributed by atoms with Gasteiger partial charge in [-0.3, -0.25) is 0 Å². The number of cyclic esters (lactones) is 1. The third kappa shape index (κ3) is 2.18. The Balaban J connectivity index is 1.70. The second-order valence-electron chi connectivity index (χ2n) is 5.16. The minimum Gasteiger partial charge on any atom is -0.508 e. The molecular weight excluding hydrogens is 296 g/mol. The maximum Gasteiger partial charge on any atom is 0.338 e. The van der Waals surface area contributed by atoms with Gasteiger partial charge in [-0.25, -0.2) is 4.79 Å². The first-order valence-corrected chi connectivity index (χ1v) is 7.72. The molecule has 4 rings (SSSR count). The van der Waals surface area contributed by atoms with E-state index in [1.807, 2.05) is 30.3 Å². The summed E-state index contributed by atoms with van der Waals surface area (Å²) in [5.41, 5.74) is 3.78. The minimum absolute atomic E-state index is 0.238. The van der Waals surface area contributed by atoms with Crippen LogP contribution in [0, 0.1) is 0 Å². The zero-order chi connectivity index (χ0) is 15.1. The van der Waals surface area contributed by atoms with Crippen molar-refractivity contribution in [3.05, 3.63) is 65.7 Å². The van der Waals surface area contributed by atoms with Crippen LogP contribution >= 0.6 is 11.3 Å². The molecule has 3 aromatic rings. The second-order valence-corrected chi connectivity index (χ2v) is 6.24. The summed E-state index contributed by atoms with van der Waals surface area (Å²) >= 11 is 1.68. The van der Waals surface area contributed by atoms with Gasteiger partial charge in [-0.2, -0.15) is 0 Å². The van der Waals surface area contributed by atoms with Crippen molar-refractivity contribution >= 4 is 17.3 Å². The summed E-state index contributed by atoms with van der Waals surface area (Å²) in [7, 11) is 0. The molecule has 2 heterocycles. The summed E-state index contributed by atoms with van der Waals surface area (Å²) in [5.74, 6) is 0.0290. The fourth-order valence-electron chi connectivity index (χ4n) is 2.56. The average molecular weight is 308 g/mol. The SMILES string of the molecule is O=C1OCc2cc(-c3ccc(-c4ccc(O)cc4)s3)ccc21. The predicted molar refractivity (Wildman–Crippen MR) is 86.0 cm³/mol. The highest BCUT2D eigenvalue weighted by Gasteiger charge is 2.21. The molecule has 4 heteroatoms. The van der Waals surface area contributed by atoms with Gasteiger partial charge in [-0.15, -0.1) is 11.3 Å². The number of benzene rings is 2. The van der Waals surface area contributed by atoms with Crippen LogP contribution < -0.4 is 0 Å². The molecule has 0 fully saturated rings. The van der Waals surface area contributed by atoms with Crippen LogP contribution in [0.15, 0.2) is 54.6 Å². The van der Waals surface area contributed by atoms with Crippen molar-refractivity contribution in [3.8, 4) is 26.6 Å². The third-order valence-corrected chi connectivity index (χ3v) is 4.91. The molecular formula is C18H12O3S. The Hall–Kier alpha value is -2.59. The number of carbonyl (C=O) groups is 1. The Morgan fingerprint density at radius 3 is 2.36 bits per heavy atom. The van der Waals surface area contributed by atoms with Crippen LogP contribution in [0.3, 0.4) is 0 Å². The van der Waals surface area contributed by atoms with Crippen LogP contribution in [0.25, 0.3) is 20.9 Å². The molecule has 0 bridgehead atoms. The highest BCUT2D eigenvalue weighted by atomic mass is 32.1. The monoisotopic (exact) mass is 308 g/mol. The summed E-state index contributed by atoms with van der Waals surface area (Å²) < 4.78 is 5.04. The van der Waals surface area contributed by atoms with Crippen molar-refractivity contribution < 1.29 is 14.6 Å². The summed E-state index contributed by atoms with van der Waals surface area (Å²) in [6.07, 6.45) is 0. The summed E-state index contributed by atoms with van der Waals surface area (Å²) in [6, 6.07) is 17.1. The Morgan fingerprint density at radius 2 is 1.59 bits per heavy atom. The summed E-state index contributed by atoms with van der Waals surface area (Å²) in [6.45, 7) is 0.359. The van der Waals surface area contributed by atoms with Crippen LogP contribution in [0.5, 0.6) is 5.75 Å². The Kier molecular flexibility index (Phi) is 2.98. The molecule has 1 aliphatic heterocycles. The van der Waals surface area contributed by atoms with Gasteiger partial charge in [0.15, 0.2) is 0 Å². The Morgan fingerprint density at radius 1 is 0.909 bits per heavy atom. The molecule has 2 aromatic carbocycles. The van der Waals surface area contributed by atoms with Crippen molar-refractivity contribution in [2.45, 2.75) is 6.61 Å². The van der Waals surface area contributed by atoms with E-state index in [2.05, 4.69) is 12.1 Å². The molecule has 0 amide bonds. The van der Waals surface area contributed by atoms with E-state index in [1.54, 1.807) is 23.5 Å². The lowest BCUT2D eigenvalue weighted by molar-refractivity contribution is 0.0535. The van der Waals surface area contributed by atoms with Crippen molar-refractivity contribution in [2.24, 2.45) is 0 Å². The number of esters is 1. The lowest BCUT2D eigenvalue weighted by atomic mass is 10.1. The number of phenolic OH excluding ortho intramolecular Hbond substituents is 1. The maximum absolute atomic E-state index is 11.5. The Labute approximate surface area is 131 Å². The number of rotatable bonds is 2. The number of hydrogen-bond donors (Lipinski definition) is 1. The van der Waals surface area contributed by atoms with E-state index in [0.717, 1.165) is 26.4 Å². The molecule has 22 heavy (non-hydrogen) atoms. The van der Waals surface area contributed by atoms with Crippen molar-refractivity contribution in [1.82, 2.24) is 0 Å². The number of aromatic hydroxyl groups is 1. The van der Waals surface area contributed by atoms with Crippen molar-refractivity contribution in [1.29, 1.82) is 0 Å². The molecule has 0 radical (unpaired) electrons. The van der Waals surface area contributed by atoms with Gasteiger partial charge in [0, 0.05) is 15.3 Å². The number of carbonyl (C=O) groups excluding carboxylic acids is 1. The second kappa shape index (κ2) is 5.00. The van der Waals surface area contributed by atoms with Crippen LogP contribution in [0.2, 0.25) is 0 Å². The standard InChI is InChI=1S/C18H12O3S/c19-14-4-1-11(2-5-14)16-7-8-17(22-16)12-3-6-15-13(9-12)10-21-18(15)20/h1-9,19H,10H2. The normalized spacial score (nSPS) is 13.0. The van der Waals surface area contributed by atoms with Gasteiger partial charge in [0.1, 0.15) is 12.4 Å². The zero-order valence-electron chi connectivity index (χ0n) is 11.6. The van der Waals surface area contributed by atoms with Crippen molar-refractivity contribution in [2.75, 3.05) is 0 Å². The number of hydrogen-bond acceptors (Lipinski definition) is 4. The van der Waals surface area contributed by atoms with Crippen LogP contribution in [0.1, 0.15) is 15.9 Å². The molecule has 0 saturated heterocycles.